The van der Waals surface area contributed by atoms with Crippen LogP contribution < -0.4 is 10.1 Å². The van der Waals surface area contributed by atoms with Crippen LogP contribution in [0.4, 0.5) is 0 Å². The summed E-state index contributed by atoms with van der Waals surface area (Å²) in [7, 11) is 0. The molecule has 1 saturated carbocycles. The quantitative estimate of drug-likeness (QED) is 0.594. The van der Waals surface area contributed by atoms with Crippen molar-refractivity contribution in [2.24, 2.45) is 0 Å². The molecule has 1 saturated heterocycles. The van der Waals surface area contributed by atoms with E-state index in [4.69, 9.17) is 9.26 Å². The minimum atomic E-state index is -0.268. The average molecular weight is 447 g/mol. The molecule has 0 unspecified atom stereocenters. The second-order valence-electron chi connectivity index (χ2n) is 8.48. The third-order valence-electron chi connectivity index (χ3n) is 5.97. The molecular weight excluding hydrogens is 420 g/mol. The summed E-state index contributed by atoms with van der Waals surface area (Å²) in [6, 6.07) is 16.5. The molecule has 2 aromatic carbocycles. The number of amides is 2. The topological polar surface area (TPSA) is 97.6 Å². The van der Waals surface area contributed by atoms with Crippen molar-refractivity contribution in [1.29, 1.82) is 0 Å². The molecule has 1 aliphatic carbocycles. The SMILES string of the molecule is O=C(NC1CC1)c1ccc(-c2noc([C@H]3CCCCN3C(=O)COc3ccccc3)n2)cc1. The van der Waals surface area contributed by atoms with Gasteiger partial charge in [0.05, 0.1) is 0 Å². The Balaban J connectivity index is 1.26. The molecule has 0 spiro atoms. The van der Waals surface area contributed by atoms with Crippen molar-refractivity contribution in [3.05, 3.63) is 66.1 Å². The van der Waals surface area contributed by atoms with Crippen LogP contribution >= 0.6 is 0 Å². The molecule has 8 heteroatoms. The zero-order chi connectivity index (χ0) is 22.6. The predicted octanol–water partition coefficient (Wildman–Crippen LogP) is 3.76. The van der Waals surface area contributed by atoms with Gasteiger partial charge in [-0.05, 0) is 56.4 Å². The summed E-state index contributed by atoms with van der Waals surface area (Å²) in [5.41, 5.74) is 1.37. The van der Waals surface area contributed by atoms with Gasteiger partial charge in [0.2, 0.25) is 11.7 Å². The number of nitrogens with one attached hydrogen (secondary N) is 1. The number of rotatable bonds is 7. The van der Waals surface area contributed by atoms with Crippen LogP contribution in [0.1, 0.15) is 54.4 Å². The average Bonchev–Trinajstić information content (AvgIpc) is 3.54. The Morgan fingerprint density at radius 1 is 1.03 bits per heavy atom. The molecule has 5 rings (SSSR count). The summed E-state index contributed by atoms with van der Waals surface area (Å²) >= 11 is 0. The molecule has 33 heavy (non-hydrogen) atoms. The largest absolute Gasteiger partial charge is 0.484 e. The first-order valence-corrected chi connectivity index (χ1v) is 11.4. The van der Waals surface area contributed by atoms with E-state index in [0.717, 1.165) is 37.7 Å². The zero-order valence-electron chi connectivity index (χ0n) is 18.3. The van der Waals surface area contributed by atoms with Crippen LogP contribution in [0.5, 0.6) is 5.75 Å². The number of para-hydroxylation sites is 1. The molecule has 170 valence electrons. The Bertz CT molecular complexity index is 1110. The highest BCUT2D eigenvalue weighted by molar-refractivity contribution is 5.94. The second-order valence-corrected chi connectivity index (χ2v) is 8.48. The van der Waals surface area contributed by atoms with Crippen LogP contribution in [0.3, 0.4) is 0 Å². The Morgan fingerprint density at radius 3 is 2.58 bits per heavy atom. The summed E-state index contributed by atoms with van der Waals surface area (Å²) in [6.07, 6.45) is 4.78. The highest BCUT2D eigenvalue weighted by Gasteiger charge is 2.32. The molecule has 2 aliphatic rings. The maximum atomic E-state index is 12.9. The van der Waals surface area contributed by atoms with Gasteiger partial charge in [0.15, 0.2) is 6.61 Å². The van der Waals surface area contributed by atoms with Crippen LogP contribution in [0, 0.1) is 0 Å². The number of benzene rings is 2. The molecule has 2 heterocycles. The highest BCUT2D eigenvalue weighted by Crippen LogP contribution is 2.31. The first-order valence-electron chi connectivity index (χ1n) is 11.4. The van der Waals surface area contributed by atoms with E-state index in [2.05, 4.69) is 15.5 Å². The number of piperidine rings is 1. The number of carbonyl (C=O) groups excluding carboxylic acids is 2. The Morgan fingerprint density at radius 2 is 1.82 bits per heavy atom. The molecule has 0 radical (unpaired) electrons. The summed E-state index contributed by atoms with van der Waals surface area (Å²) in [5, 5.41) is 7.10. The Kier molecular flexibility index (Phi) is 6.06. The van der Waals surface area contributed by atoms with Crippen molar-refractivity contribution in [2.45, 2.75) is 44.2 Å². The summed E-state index contributed by atoms with van der Waals surface area (Å²) < 4.78 is 11.2. The Hall–Kier alpha value is -3.68. The number of ether oxygens (including phenoxy) is 1. The predicted molar refractivity (Wildman–Crippen MR) is 120 cm³/mol. The number of hydrogen-bond donors (Lipinski definition) is 1. The summed E-state index contributed by atoms with van der Waals surface area (Å²) in [4.78, 5) is 31.4. The van der Waals surface area contributed by atoms with E-state index in [1.165, 1.54) is 0 Å². The second kappa shape index (κ2) is 9.44. The van der Waals surface area contributed by atoms with Crippen molar-refractivity contribution < 1.29 is 18.8 Å². The van der Waals surface area contributed by atoms with E-state index in [1.807, 2.05) is 42.5 Å². The van der Waals surface area contributed by atoms with Crippen LogP contribution in [0.15, 0.2) is 59.1 Å². The number of likely N-dealkylation sites (tertiary alicyclic amines) is 1. The van der Waals surface area contributed by atoms with Gasteiger partial charge in [-0.3, -0.25) is 9.59 Å². The summed E-state index contributed by atoms with van der Waals surface area (Å²) in [5.74, 6) is 1.36. The van der Waals surface area contributed by atoms with E-state index < -0.39 is 0 Å². The lowest BCUT2D eigenvalue weighted by atomic mass is 10.0. The van der Waals surface area contributed by atoms with Gasteiger partial charge in [-0.1, -0.05) is 35.5 Å². The summed E-state index contributed by atoms with van der Waals surface area (Å²) in [6.45, 7) is 0.593. The van der Waals surface area contributed by atoms with Gasteiger partial charge in [-0.25, -0.2) is 0 Å². The molecule has 0 bridgehead atoms. The highest BCUT2D eigenvalue weighted by atomic mass is 16.5. The fourth-order valence-corrected chi connectivity index (χ4v) is 3.99. The standard InChI is InChI=1S/C25H26N4O4/c30-22(16-32-20-6-2-1-3-7-20)29-15-5-4-8-21(29)25-27-23(28-33-25)17-9-11-18(12-10-17)24(31)26-19-13-14-19/h1-3,6-7,9-12,19,21H,4-5,8,13-16H2,(H,26,31)/t21-/m1/s1. The molecule has 8 nitrogen and oxygen atoms in total. The van der Waals surface area contributed by atoms with Crippen LogP contribution in [0.25, 0.3) is 11.4 Å². The minimum Gasteiger partial charge on any atom is -0.484 e. The van der Waals surface area contributed by atoms with Gasteiger partial charge >= 0.3 is 0 Å². The van der Waals surface area contributed by atoms with Crippen LogP contribution in [0.2, 0.25) is 0 Å². The normalized spacial score (nSPS) is 18.1. The Labute approximate surface area is 191 Å². The van der Waals surface area contributed by atoms with Crippen LogP contribution in [-0.2, 0) is 4.79 Å². The molecule has 1 N–H and O–H groups in total. The maximum absolute atomic E-state index is 12.9. The van der Waals surface area contributed by atoms with Gasteiger partial charge in [0.25, 0.3) is 11.8 Å². The van der Waals surface area contributed by atoms with E-state index in [0.29, 0.717) is 35.6 Å². The molecule has 2 fully saturated rings. The van der Waals surface area contributed by atoms with E-state index in [9.17, 15) is 9.59 Å². The number of nitrogens with zero attached hydrogens (tertiary/aromatic N) is 3. The molecule has 2 amide bonds. The van der Waals surface area contributed by atoms with Gasteiger partial charge in [-0.2, -0.15) is 4.98 Å². The third kappa shape index (κ3) is 5.05. The maximum Gasteiger partial charge on any atom is 0.261 e. The van der Waals surface area contributed by atoms with Gasteiger partial charge < -0.3 is 19.5 Å². The van der Waals surface area contributed by atoms with Crippen molar-refractivity contribution in [3.8, 4) is 17.1 Å². The first kappa shape index (κ1) is 21.2. The molecular formula is C25H26N4O4. The van der Waals surface area contributed by atoms with E-state index >= 15 is 0 Å². The lowest BCUT2D eigenvalue weighted by Gasteiger charge is -2.33. The number of aromatic nitrogens is 2. The molecule has 1 atom stereocenters. The minimum absolute atomic E-state index is 0.0358. The third-order valence-corrected chi connectivity index (χ3v) is 5.97. The lowest BCUT2D eigenvalue weighted by Crippen LogP contribution is -2.41. The van der Waals surface area contributed by atoms with Gasteiger partial charge in [0, 0.05) is 23.7 Å². The zero-order valence-corrected chi connectivity index (χ0v) is 18.3. The number of hydrogen-bond acceptors (Lipinski definition) is 6. The fourth-order valence-electron chi connectivity index (χ4n) is 3.99. The monoisotopic (exact) mass is 446 g/mol. The van der Waals surface area contributed by atoms with E-state index in [-0.39, 0.29) is 24.5 Å². The first-order chi connectivity index (χ1) is 16.2. The molecule has 1 aromatic heterocycles. The van der Waals surface area contributed by atoms with E-state index in [1.54, 1.807) is 17.0 Å². The van der Waals surface area contributed by atoms with Crippen molar-refractivity contribution in [3.63, 3.8) is 0 Å². The van der Waals surface area contributed by atoms with Gasteiger partial charge in [0.1, 0.15) is 11.8 Å². The fraction of sp³-hybridized carbons (Fsp3) is 0.360. The van der Waals surface area contributed by atoms with Gasteiger partial charge in [-0.15, -0.1) is 0 Å². The van der Waals surface area contributed by atoms with Crippen molar-refractivity contribution in [1.82, 2.24) is 20.4 Å². The molecule has 3 aromatic rings. The van der Waals surface area contributed by atoms with Crippen LogP contribution in [-0.4, -0.2) is 46.0 Å². The molecule has 1 aliphatic heterocycles. The van der Waals surface area contributed by atoms with Crippen molar-refractivity contribution >= 4 is 11.8 Å². The van der Waals surface area contributed by atoms with Crippen molar-refractivity contribution in [2.75, 3.05) is 13.2 Å². The smallest absolute Gasteiger partial charge is 0.261 e. The lowest BCUT2D eigenvalue weighted by molar-refractivity contribution is -0.138. The number of carbonyl (C=O) groups is 2.